The van der Waals surface area contributed by atoms with Crippen LogP contribution >= 0.6 is 0 Å². The van der Waals surface area contributed by atoms with Gasteiger partial charge in [-0.1, -0.05) is 85.9 Å². The molecule has 16 unspecified atom stereocenters. The molecule has 1 aromatic rings. The first-order chi connectivity index (χ1) is 30.4. The van der Waals surface area contributed by atoms with Crippen molar-refractivity contribution in [2.75, 3.05) is 6.54 Å². The highest BCUT2D eigenvalue weighted by molar-refractivity contribution is 5.87. The molecule has 0 radical (unpaired) electrons. The molecule has 0 saturated carbocycles. The predicted molar refractivity (Wildman–Crippen MR) is 245 cm³/mol. The Labute approximate surface area is 379 Å². The van der Waals surface area contributed by atoms with Crippen molar-refractivity contribution < 1.29 is 70.8 Å². The van der Waals surface area contributed by atoms with E-state index in [1.54, 1.807) is 13.0 Å². The second-order valence-corrected chi connectivity index (χ2v) is 17.2. The summed E-state index contributed by atoms with van der Waals surface area (Å²) in [6.07, 6.45) is -0.922. The molecule has 1 aliphatic heterocycles. The first kappa shape index (κ1) is 57.4. The number of nitrogens with two attached hydrogens (primary N) is 1. The SMILES string of the molecule is C/C=C/C=C/CC(OC1OC(C)C(O)C(O)C1O)C(C)C(CC(O)CC(O)CC(O)/C=C/CC(O)CC(O)CC(O)CC(O)/C=C/CC(O)CC(O)CCCN)=NCc1ccccc1. The number of aliphatic hydroxyl groups excluding tert-OH is 12. The van der Waals surface area contributed by atoms with Gasteiger partial charge in [-0.15, -0.1) is 0 Å². The summed E-state index contributed by atoms with van der Waals surface area (Å²) in [4.78, 5) is 4.87. The zero-order valence-corrected chi connectivity index (χ0v) is 37.9. The minimum Gasteiger partial charge on any atom is -0.393 e. The first-order valence-corrected chi connectivity index (χ1v) is 22.8. The number of nitrogens with zero attached hydrogens (tertiary/aromatic N) is 1. The summed E-state index contributed by atoms with van der Waals surface area (Å²) in [5.41, 5.74) is 6.93. The van der Waals surface area contributed by atoms with E-state index in [1.165, 1.54) is 18.2 Å². The van der Waals surface area contributed by atoms with Crippen LogP contribution in [0.3, 0.4) is 0 Å². The molecule has 1 aliphatic rings. The molecule has 1 saturated heterocycles. The lowest BCUT2D eigenvalue weighted by molar-refractivity contribution is -0.305. The number of hydrogen-bond donors (Lipinski definition) is 13. The Morgan fingerprint density at radius 2 is 1.23 bits per heavy atom. The molecule has 0 spiro atoms. The Bertz CT molecular complexity index is 1510. The number of aliphatic imine (C=N–C) groups is 1. The summed E-state index contributed by atoms with van der Waals surface area (Å²) in [6.45, 7) is 6.08. The van der Waals surface area contributed by atoms with Gasteiger partial charge in [0.25, 0.3) is 0 Å². The molecule has 16 nitrogen and oxygen atoms in total. The molecule has 2 rings (SSSR count). The quantitative estimate of drug-likeness (QED) is 0.0278. The largest absolute Gasteiger partial charge is 0.393 e. The maximum absolute atomic E-state index is 11.2. The van der Waals surface area contributed by atoms with Crippen LogP contribution in [0.4, 0.5) is 0 Å². The van der Waals surface area contributed by atoms with Crippen LogP contribution in [0.15, 0.2) is 83.9 Å². The van der Waals surface area contributed by atoms with Crippen LogP contribution in [0, 0.1) is 5.92 Å². The lowest BCUT2D eigenvalue weighted by Gasteiger charge is -2.41. The monoisotopic (exact) mass is 909 g/mol. The molecular formula is C48H80N2O14. The van der Waals surface area contributed by atoms with Crippen molar-refractivity contribution in [3.63, 3.8) is 0 Å². The third kappa shape index (κ3) is 23.6. The Kier molecular flexibility index (Phi) is 28.7. The van der Waals surface area contributed by atoms with Gasteiger partial charge in [-0.2, -0.15) is 0 Å². The molecule has 1 fully saturated rings. The van der Waals surface area contributed by atoms with Crippen LogP contribution in [0.25, 0.3) is 0 Å². The molecule has 366 valence electrons. The van der Waals surface area contributed by atoms with Crippen LogP contribution in [0.2, 0.25) is 0 Å². The molecule has 0 aromatic heterocycles. The molecule has 0 bridgehead atoms. The second-order valence-electron chi connectivity index (χ2n) is 17.2. The van der Waals surface area contributed by atoms with Crippen LogP contribution in [-0.4, -0.2) is 165 Å². The highest BCUT2D eigenvalue weighted by atomic mass is 16.7. The summed E-state index contributed by atoms with van der Waals surface area (Å²) in [5.74, 6) is -0.457. The van der Waals surface area contributed by atoms with Gasteiger partial charge in [-0.3, -0.25) is 4.99 Å². The summed E-state index contributed by atoms with van der Waals surface area (Å²) >= 11 is 0. The number of allylic oxidation sites excluding steroid dienone is 3. The Morgan fingerprint density at radius 3 is 1.81 bits per heavy atom. The highest BCUT2D eigenvalue weighted by Crippen LogP contribution is 2.28. The van der Waals surface area contributed by atoms with Crippen molar-refractivity contribution in [3.8, 4) is 0 Å². The van der Waals surface area contributed by atoms with E-state index in [0.717, 1.165) is 5.56 Å². The van der Waals surface area contributed by atoms with E-state index in [0.29, 0.717) is 38.1 Å². The number of rotatable bonds is 32. The minimum atomic E-state index is -1.52. The summed E-state index contributed by atoms with van der Waals surface area (Å²) in [7, 11) is 0. The topological polar surface area (TPSA) is 300 Å². The van der Waals surface area contributed by atoms with Crippen molar-refractivity contribution in [3.05, 3.63) is 84.5 Å². The third-order valence-corrected chi connectivity index (χ3v) is 11.2. The molecule has 0 aliphatic carbocycles. The van der Waals surface area contributed by atoms with Gasteiger partial charge in [0.1, 0.15) is 18.3 Å². The summed E-state index contributed by atoms with van der Waals surface area (Å²) in [5, 5.41) is 126. The second kappa shape index (κ2) is 32.0. The third-order valence-electron chi connectivity index (χ3n) is 11.2. The van der Waals surface area contributed by atoms with Crippen molar-refractivity contribution in [1.82, 2.24) is 0 Å². The number of ether oxygens (including phenoxy) is 2. The Morgan fingerprint density at radius 1 is 0.688 bits per heavy atom. The van der Waals surface area contributed by atoms with Gasteiger partial charge in [0.2, 0.25) is 0 Å². The first-order valence-electron chi connectivity index (χ1n) is 22.8. The van der Waals surface area contributed by atoms with Crippen LogP contribution in [0.5, 0.6) is 0 Å². The Hall–Kier alpha value is -2.75. The van der Waals surface area contributed by atoms with E-state index in [2.05, 4.69) is 0 Å². The molecule has 16 atom stereocenters. The van der Waals surface area contributed by atoms with E-state index in [9.17, 15) is 61.3 Å². The average Bonchev–Trinajstić information content (AvgIpc) is 3.23. The van der Waals surface area contributed by atoms with E-state index >= 15 is 0 Å². The zero-order valence-electron chi connectivity index (χ0n) is 37.9. The smallest absolute Gasteiger partial charge is 0.186 e. The normalized spacial score (nSPS) is 25.4. The van der Waals surface area contributed by atoms with Gasteiger partial charge in [-0.05, 0) is 83.7 Å². The van der Waals surface area contributed by atoms with Gasteiger partial charge in [0.05, 0.1) is 73.7 Å². The number of hydrogen-bond acceptors (Lipinski definition) is 16. The van der Waals surface area contributed by atoms with Crippen LogP contribution < -0.4 is 5.73 Å². The van der Waals surface area contributed by atoms with Crippen LogP contribution in [-0.2, 0) is 16.0 Å². The minimum absolute atomic E-state index is 0.0479. The summed E-state index contributed by atoms with van der Waals surface area (Å²) < 4.78 is 12.0. The summed E-state index contributed by atoms with van der Waals surface area (Å²) in [6, 6.07) is 9.52. The van der Waals surface area contributed by atoms with Gasteiger partial charge in [0.15, 0.2) is 6.29 Å². The molecule has 64 heavy (non-hydrogen) atoms. The Balaban J connectivity index is 1.94. The van der Waals surface area contributed by atoms with E-state index in [4.69, 9.17) is 20.2 Å². The average molecular weight is 909 g/mol. The molecule has 16 heteroatoms. The fourth-order valence-electron chi connectivity index (χ4n) is 7.50. The van der Waals surface area contributed by atoms with Crippen molar-refractivity contribution in [2.45, 2.75) is 196 Å². The molecule has 14 N–H and O–H groups in total. The fraction of sp³-hybridized carbons (Fsp3) is 0.688. The van der Waals surface area contributed by atoms with E-state index in [-0.39, 0.29) is 57.8 Å². The van der Waals surface area contributed by atoms with Gasteiger partial charge < -0.3 is 76.5 Å². The van der Waals surface area contributed by atoms with Gasteiger partial charge >= 0.3 is 0 Å². The van der Waals surface area contributed by atoms with E-state index < -0.39 is 97.7 Å². The molecule has 1 aromatic carbocycles. The fourth-order valence-corrected chi connectivity index (χ4v) is 7.50. The van der Waals surface area contributed by atoms with Crippen LogP contribution in [0.1, 0.15) is 103 Å². The maximum Gasteiger partial charge on any atom is 0.186 e. The molecule has 1 heterocycles. The predicted octanol–water partition coefficient (Wildman–Crippen LogP) is 1.61. The zero-order chi connectivity index (χ0) is 47.6. The lowest BCUT2D eigenvalue weighted by atomic mass is 9.90. The lowest BCUT2D eigenvalue weighted by Crippen LogP contribution is -2.58. The van der Waals surface area contributed by atoms with Crippen molar-refractivity contribution in [2.24, 2.45) is 16.6 Å². The van der Waals surface area contributed by atoms with E-state index in [1.807, 2.05) is 68.5 Å². The maximum atomic E-state index is 11.2. The van der Waals surface area contributed by atoms with Gasteiger partial charge in [0, 0.05) is 30.9 Å². The van der Waals surface area contributed by atoms with Crippen molar-refractivity contribution in [1.29, 1.82) is 0 Å². The molecular weight excluding hydrogens is 829 g/mol. The standard InChI is InChI=1S/C48H80N2O14/c1-4-5-6-10-21-44(64-48-47(62)46(61)45(60)32(3)63-48)31(2)43(50-30-33-14-8-7-9-15-33)29-42(59)28-41(58)26-37(54)19-12-18-36(53)25-40(57)27-39(56)24-35(52)17-11-16-34(51)23-38(55)20-13-22-49/h4-12,14-15,17,19,31-32,34-42,44-48,51-62H,13,16,18,20-30,49H2,1-3H3/b5-4+,10-6+,17-11+,19-12+,50-43?. The molecule has 0 amide bonds. The number of aliphatic hydroxyl groups is 12. The van der Waals surface area contributed by atoms with Crippen molar-refractivity contribution >= 4 is 5.71 Å². The van der Waals surface area contributed by atoms with Gasteiger partial charge in [-0.25, -0.2) is 0 Å². The highest BCUT2D eigenvalue weighted by Gasteiger charge is 2.44. The number of benzene rings is 1.